The first-order chi connectivity index (χ1) is 8.24. The summed E-state index contributed by atoms with van der Waals surface area (Å²) >= 11 is 0. The van der Waals surface area contributed by atoms with E-state index in [1.165, 1.54) is 18.0 Å². The van der Waals surface area contributed by atoms with Crippen LogP contribution in [-0.4, -0.2) is 16.5 Å². The monoisotopic (exact) mass is 230 g/mol. The van der Waals surface area contributed by atoms with E-state index in [1.54, 1.807) is 0 Å². The van der Waals surface area contributed by atoms with Crippen molar-refractivity contribution in [3.63, 3.8) is 0 Å². The van der Waals surface area contributed by atoms with Crippen LogP contribution < -0.4 is 16.6 Å². The number of nitrogen functional groups attached to an aromatic ring is 1. The summed E-state index contributed by atoms with van der Waals surface area (Å²) in [6.07, 6.45) is 2.24. The standard InChI is InChI=1S/C12H14N4O/c13-10-3-1-9(2-4-10)5-6-14-11-7-12(17)16-8-15-11/h1-4,7-8H,5-6,13H2,(H2,14,15,16,17). The maximum Gasteiger partial charge on any atom is 0.252 e. The van der Waals surface area contributed by atoms with E-state index in [-0.39, 0.29) is 5.56 Å². The van der Waals surface area contributed by atoms with Crippen molar-refractivity contribution in [1.82, 2.24) is 9.97 Å². The van der Waals surface area contributed by atoms with Gasteiger partial charge in [-0.2, -0.15) is 0 Å². The summed E-state index contributed by atoms with van der Waals surface area (Å²) in [5.74, 6) is 0.587. The summed E-state index contributed by atoms with van der Waals surface area (Å²) in [5.41, 5.74) is 7.40. The van der Waals surface area contributed by atoms with E-state index in [2.05, 4.69) is 15.3 Å². The average Bonchev–Trinajstić information content (AvgIpc) is 2.32. The zero-order valence-corrected chi connectivity index (χ0v) is 9.31. The van der Waals surface area contributed by atoms with Crippen molar-refractivity contribution in [3.8, 4) is 0 Å². The van der Waals surface area contributed by atoms with E-state index >= 15 is 0 Å². The van der Waals surface area contributed by atoms with Gasteiger partial charge >= 0.3 is 0 Å². The molecule has 0 spiro atoms. The maximum atomic E-state index is 11.0. The Kier molecular flexibility index (Phi) is 3.40. The van der Waals surface area contributed by atoms with Gasteiger partial charge in [0.2, 0.25) is 0 Å². The molecule has 0 saturated heterocycles. The van der Waals surface area contributed by atoms with Crippen molar-refractivity contribution in [3.05, 3.63) is 52.6 Å². The molecule has 2 aromatic rings. The minimum Gasteiger partial charge on any atom is -0.399 e. The predicted molar refractivity (Wildman–Crippen MR) is 67.9 cm³/mol. The second-order valence-corrected chi connectivity index (χ2v) is 3.71. The molecule has 5 nitrogen and oxygen atoms in total. The summed E-state index contributed by atoms with van der Waals surface area (Å²) in [4.78, 5) is 17.5. The molecule has 0 bridgehead atoms. The number of H-pyrrole nitrogens is 1. The van der Waals surface area contributed by atoms with Gasteiger partial charge in [-0.25, -0.2) is 4.98 Å². The van der Waals surface area contributed by atoms with Gasteiger partial charge in [-0.05, 0) is 24.1 Å². The Labute approximate surface area is 98.7 Å². The number of nitrogens with one attached hydrogen (secondary N) is 2. The molecule has 2 rings (SSSR count). The van der Waals surface area contributed by atoms with Crippen molar-refractivity contribution in [2.24, 2.45) is 0 Å². The highest BCUT2D eigenvalue weighted by atomic mass is 16.1. The smallest absolute Gasteiger partial charge is 0.252 e. The largest absolute Gasteiger partial charge is 0.399 e. The molecular formula is C12H14N4O. The normalized spacial score (nSPS) is 10.1. The van der Waals surface area contributed by atoms with Gasteiger partial charge in [0.05, 0.1) is 6.33 Å². The van der Waals surface area contributed by atoms with Gasteiger partial charge < -0.3 is 16.0 Å². The number of aromatic nitrogens is 2. The second-order valence-electron chi connectivity index (χ2n) is 3.71. The summed E-state index contributed by atoms with van der Waals surface area (Å²) < 4.78 is 0. The lowest BCUT2D eigenvalue weighted by molar-refractivity contribution is 0.994. The van der Waals surface area contributed by atoms with Crippen LogP contribution in [0.2, 0.25) is 0 Å². The minimum absolute atomic E-state index is 0.157. The highest BCUT2D eigenvalue weighted by Gasteiger charge is 1.95. The minimum atomic E-state index is -0.157. The highest BCUT2D eigenvalue weighted by molar-refractivity contribution is 5.39. The fraction of sp³-hybridized carbons (Fsp3) is 0.167. The molecule has 1 heterocycles. The lowest BCUT2D eigenvalue weighted by Gasteiger charge is -2.05. The SMILES string of the molecule is Nc1ccc(CCNc2cc(=O)[nH]cn2)cc1. The number of hydrogen-bond acceptors (Lipinski definition) is 4. The van der Waals surface area contributed by atoms with Gasteiger partial charge in [0.1, 0.15) is 5.82 Å². The van der Waals surface area contributed by atoms with E-state index in [0.29, 0.717) is 5.82 Å². The molecule has 0 aliphatic heterocycles. The van der Waals surface area contributed by atoms with E-state index in [0.717, 1.165) is 18.7 Å². The molecule has 88 valence electrons. The van der Waals surface area contributed by atoms with Gasteiger partial charge in [-0.1, -0.05) is 12.1 Å². The molecule has 4 N–H and O–H groups in total. The van der Waals surface area contributed by atoms with Crippen molar-refractivity contribution in [2.45, 2.75) is 6.42 Å². The van der Waals surface area contributed by atoms with E-state index in [9.17, 15) is 4.79 Å². The zero-order chi connectivity index (χ0) is 12.1. The van der Waals surface area contributed by atoms with E-state index < -0.39 is 0 Å². The number of nitrogens with two attached hydrogens (primary N) is 1. The Morgan fingerprint density at radius 3 is 2.76 bits per heavy atom. The molecule has 0 radical (unpaired) electrons. The van der Waals surface area contributed by atoms with Gasteiger partial charge in [0.25, 0.3) is 5.56 Å². The number of aromatic amines is 1. The Bertz CT molecular complexity index is 533. The first kappa shape index (κ1) is 11.2. The van der Waals surface area contributed by atoms with Crippen LogP contribution in [0.3, 0.4) is 0 Å². The Morgan fingerprint density at radius 1 is 1.29 bits per heavy atom. The molecule has 0 atom stereocenters. The Morgan fingerprint density at radius 2 is 2.06 bits per heavy atom. The zero-order valence-electron chi connectivity index (χ0n) is 9.31. The van der Waals surface area contributed by atoms with Crippen LogP contribution >= 0.6 is 0 Å². The lowest BCUT2D eigenvalue weighted by atomic mass is 10.1. The molecule has 1 aromatic heterocycles. The molecule has 17 heavy (non-hydrogen) atoms. The van der Waals surface area contributed by atoms with Crippen LogP contribution in [0.4, 0.5) is 11.5 Å². The maximum absolute atomic E-state index is 11.0. The fourth-order valence-electron chi connectivity index (χ4n) is 1.48. The Balaban J connectivity index is 1.87. The van der Waals surface area contributed by atoms with Crippen LogP contribution in [0, 0.1) is 0 Å². The number of anilines is 2. The Hall–Kier alpha value is -2.30. The number of rotatable bonds is 4. The topological polar surface area (TPSA) is 83.8 Å². The predicted octanol–water partition coefficient (Wildman–Crippen LogP) is 1.01. The number of nitrogens with zero attached hydrogens (tertiary/aromatic N) is 1. The molecule has 0 amide bonds. The summed E-state index contributed by atoms with van der Waals surface area (Å²) in [5, 5.41) is 3.09. The van der Waals surface area contributed by atoms with Crippen molar-refractivity contribution < 1.29 is 0 Å². The molecule has 1 aromatic carbocycles. The van der Waals surface area contributed by atoms with Gasteiger partial charge in [-0.15, -0.1) is 0 Å². The molecular weight excluding hydrogens is 216 g/mol. The van der Waals surface area contributed by atoms with Crippen LogP contribution in [0.1, 0.15) is 5.56 Å². The van der Waals surface area contributed by atoms with E-state index in [1.807, 2.05) is 24.3 Å². The third kappa shape index (κ3) is 3.34. The third-order valence-corrected chi connectivity index (χ3v) is 2.38. The summed E-state index contributed by atoms with van der Waals surface area (Å²) in [6, 6.07) is 9.16. The first-order valence-electron chi connectivity index (χ1n) is 5.37. The molecule has 0 unspecified atom stereocenters. The van der Waals surface area contributed by atoms with Crippen molar-refractivity contribution >= 4 is 11.5 Å². The van der Waals surface area contributed by atoms with Gasteiger partial charge in [-0.3, -0.25) is 4.79 Å². The molecule has 0 aliphatic carbocycles. The lowest BCUT2D eigenvalue weighted by Crippen LogP contribution is -2.11. The van der Waals surface area contributed by atoms with Crippen LogP contribution in [0.5, 0.6) is 0 Å². The van der Waals surface area contributed by atoms with Gasteiger partial charge in [0, 0.05) is 18.3 Å². The van der Waals surface area contributed by atoms with Crippen LogP contribution in [0.15, 0.2) is 41.5 Å². The van der Waals surface area contributed by atoms with Crippen LogP contribution in [-0.2, 0) is 6.42 Å². The van der Waals surface area contributed by atoms with Crippen molar-refractivity contribution in [2.75, 3.05) is 17.6 Å². The summed E-state index contributed by atoms with van der Waals surface area (Å²) in [7, 11) is 0. The fourth-order valence-corrected chi connectivity index (χ4v) is 1.48. The quantitative estimate of drug-likeness (QED) is 0.684. The second kappa shape index (κ2) is 5.16. The highest BCUT2D eigenvalue weighted by Crippen LogP contribution is 2.06. The molecule has 5 heteroatoms. The van der Waals surface area contributed by atoms with Crippen molar-refractivity contribution in [1.29, 1.82) is 0 Å². The number of benzene rings is 1. The molecule has 0 fully saturated rings. The van der Waals surface area contributed by atoms with Gasteiger partial charge in [0.15, 0.2) is 0 Å². The van der Waals surface area contributed by atoms with E-state index in [4.69, 9.17) is 5.73 Å². The number of hydrogen-bond donors (Lipinski definition) is 3. The summed E-state index contributed by atoms with van der Waals surface area (Å²) in [6.45, 7) is 0.723. The first-order valence-corrected chi connectivity index (χ1v) is 5.37. The molecule has 0 saturated carbocycles. The third-order valence-electron chi connectivity index (χ3n) is 2.38. The molecule has 0 aliphatic rings. The average molecular weight is 230 g/mol. The van der Waals surface area contributed by atoms with Crippen LogP contribution in [0.25, 0.3) is 0 Å².